The van der Waals surface area contributed by atoms with Crippen LogP contribution in [0.15, 0.2) is 41.0 Å². The molecule has 9 heteroatoms. The highest BCUT2D eigenvalue weighted by Crippen LogP contribution is 2.34. The predicted molar refractivity (Wildman–Crippen MR) is 101 cm³/mol. The van der Waals surface area contributed by atoms with Crippen molar-refractivity contribution in [3.05, 3.63) is 59.0 Å². The van der Waals surface area contributed by atoms with Gasteiger partial charge >= 0.3 is 12.1 Å². The number of rotatable bonds is 2. The summed E-state index contributed by atoms with van der Waals surface area (Å²) in [6.07, 6.45) is 1.09. The Morgan fingerprint density at radius 2 is 1.70 bits per heavy atom. The van der Waals surface area contributed by atoms with Crippen LogP contribution >= 0.6 is 0 Å². The first-order valence-corrected chi connectivity index (χ1v) is 9.43. The van der Waals surface area contributed by atoms with Gasteiger partial charge in [-0.05, 0) is 39.0 Å². The molecule has 0 saturated heterocycles. The van der Waals surface area contributed by atoms with Crippen molar-refractivity contribution in [1.29, 1.82) is 0 Å². The number of furan rings is 1. The molecular formula is C21H20N2O7. The lowest BCUT2D eigenvalue weighted by atomic mass is 10.00. The maximum Gasteiger partial charge on any atom is 0.411 e. The molecule has 0 bridgehead atoms. The minimum atomic E-state index is -1.22. The van der Waals surface area contributed by atoms with Crippen LogP contribution < -0.4 is 0 Å². The fraction of sp³-hybridized carbons (Fsp3) is 0.333. The van der Waals surface area contributed by atoms with Gasteiger partial charge in [-0.2, -0.15) is 0 Å². The second-order valence-corrected chi connectivity index (χ2v) is 7.99. The average Bonchev–Trinajstić information content (AvgIpc) is 3.25. The monoisotopic (exact) mass is 412 g/mol. The number of hydrogen-bond donors (Lipinski definition) is 0. The number of carbonyl (C=O) groups is 4. The van der Waals surface area contributed by atoms with Crippen LogP contribution in [-0.4, -0.2) is 46.0 Å². The summed E-state index contributed by atoms with van der Waals surface area (Å²) in [6, 6.07) is 6.51. The summed E-state index contributed by atoms with van der Waals surface area (Å²) in [7, 11) is 0. The molecule has 30 heavy (non-hydrogen) atoms. The van der Waals surface area contributed by atoms with Gasteiger partial charge in [-0.25, -0.2) is 9.59 Å². The number of ether oxygens (including phenoxy) is 1. The van der Waals surface area contributed by atoms with Crippen LogP contribution in [0.4, 0.5) is 4.79 Å². The van der Waals surface area contributed by atoms with Gasteiger partial charge in [-0.15, -0.1) is 0 Å². The van der Waals surface area contributed by atoms with E-state index in [1.807, 2.05) is 0 Å². The molecule has 1 aromatic heterocycles. The normalized spacial score (nSPS) is 18.2. The number of imide groups is 1. The van der Waals surface area contributed by atoms with Crippen molar-refractivity contribution in [3.63, 3.8) is 0 Å². The molecule has 3 amide bonds. The highest BCUT2D eigenvalue weighted by molar-refractivity contribution is 6.21. The van der Waals surface area contributed by atoms with E-state index in [0.717, 1.165) is 0 Å². The van der Waals surface area contributed by atoms with Crippen LogP contribution in [0.2, 0.25) is 0 Å². The number of hydroxylamine groups is 2. The summed E-state index contributed by atoms with van der Waals surface area (Å²) < 4.78 is 10.8. The molecule has 2 aliphatic rings. The third-order valence-corrected chi connectivity index (χ3v) is 4.76. The molecular weight excluding hydrogens is 392 g/mol. The van der Waals surface area contributed by atoms with Crippen molar-refractivity contribution in [2.45, 2.75) is 38.8 Å². The third-order valence-electron chi connectivity index (χ3n) is 4.76. The lowest BCUT2D eigenvalue weighted by Crippen LogP contribution is -2.47. The van der Waals surface area contributed by atoms with E-state index in [4.69, 9.17) is 14.0 Å². The van der Waals surface area contributed by atoms with Crippen LogP contribution in [0.25, 0.3) is 0 Å². The topological polar surface area (TPSA) is 106 Å². The fourth-order valence-electron chi connectivity index (χ4n) is 3.48. The minimum Gasteiger partial charge on any atom is -0.469 e. The van der Waals surface area contributed by atoms with Gasteiger partial charge < -0.3 is 14.0 Å². The Hall–Kier alpha value is -3.62. The van der Waals surface area contributed by atoms with E-state index in [1.165, 1.54) is 23.3 Å². The quantitative estimate of drug-likeness (QED) is 0.698. The second kappa shape index (κ2) is 7.01. The van der Waals surface area contributed by atoms with Crippen molar-refractivity contribution >= 4 is 23.9 Å². The van der Waals surface area contributed by atoms with Crippen molar-refractivity contribution in [3.8, 4) is 0 Å². The van der Waals surface area contributed by atoms with Gasteiger partial charge in [0.25, 0.3) is 11.8 Å². The molecule has 0 saturated carbocycles. The zero-order chi connectivity index (χ0) is 21.6. The van der Waals surface area contributed by atoms with E-state index in [-0.39, 0.29) is 17.7 Å². The van der Waals surface area contributed by atoms with Crippen LogP contribution in [0.3, 0.4) is 0 Å². The standard InChI is InChI=1S/C21H20N2O7/c1-21(2,3)29-20(27)22-10-8-15-14(9-11-28-15)16(22)19(26)30-23-17(24)12-6-4-5-7-13(12)18(23)25/h4-7,9,11,16H,8,10H2,1-3H3. The first-order valence-electron chi connectivity index (χ1n) is 9.43. The third kappa shape index (κ3) is 3.32. The summed E-state index contributed by atoms with van der Waals surface area (Å²) in [5.74, 6) is -1.91. The molecule has 3 heterocycles. The van der Waals surface area contributed by atoms with Crippen molar-refractivity contribution in [2.75, 3.05) is 6.54 Å². The Labute approximate surface area is 172 Å². The molecule has 1 atom stereocenters. The molecule has 9 nitrogen and oxygen atoms in total. The lowest BCUT2D eigenvalue weighted by molar-refractivity contribution is -0.175. The molecule has 0 N–H and O–H groups in total. The Bertz CT molecular complexity index is 1010. The molecule has 1 unspecified atom stereocenters. The van der Waals surface area contributed by atoms with Crippen LogP contribution in [0, 0.1) is 0 Å². The first-order chi connectivity index (χ1) is 14.2. The second-order valence-electron chi connectivity index (χ2n) is 7.99. The van der Waals surface area contributed by atoms with Gasteiger partial charge in [0, 0.05) is 18.5 Å². The predicted octanol–water partition coefficient (Wildman–Crippen LogP) is 2.87. The van der Waals surface area contributed by atoms with Gasteiger partial charge in [0.2, 0.25) is 0 Å². The number of fused-ring (bicyclic) bond motifs is 2. The Morgan fingerprint density at radius 3 is 2.30 bits per heavy atom. The molecule has 2 aromatic rings. The number of hydrogen-bond acceptors (Lipinski definition) is 7. The summed E-state index contributed by atoms with van der Waals surface area (Å²) in [5.41, 5.74) is -0.0577. The summed E-state index contributed by atoms with van der Waals surface area (Å²) >= 11 is 0. The van der Waals surface area contributed by atoms with Crippen molar-refractivity contribution in [2.24, 2.45) is 0 Å². The van der Waals surface area contributed by atoms with E-state index < -0.39 is 35.5 Å². The fourth-order valence-corrected chi connectivity index (χ4v) is 3.48. The SMILES string of the molecule is CC(C)(C)OC(=O)N1CCc2occc2C1C(=O)ON1C(=O)c2ccccc2C1=O. The minimum absolute atomic E-state index is 0.145. The van der Waals surface area contributed by atoms with Crippen LogP contribution in [0.1, 0.15) is 58.9 Å². The number of amides is 3. The molecule has 2 aliphatic heterocycles. The Balaban J connectivity index is 1.62. The number of nitrogens with zero attached hydrogens (tertiary/aromatic N) is 2. The largest absolute Gasteiger partial charge is 0.469 e. The van der Waals surface area contributed by atoms with Gasteiger partial charge in [0.05, 0.1) is 17.4 Å². The van der Waals surface area contributed by atoms with Gasteiger partial charge in [0.1, 0.15) is 11.4 Å². The van der Waals surface area contributed by atoms with Crippen molar-refractivity contribution in [1.82, 2.24) is 9.96 Å². The smallest absolute Gasteiger partial charge is 0.411 e. The van der Waals surface area contributed by atoms with E-state index in [0.29, 0.717) is 22.8 Å². The zero-order valence-electron chi connectivity index (χ0n) is 16.7. The Morgan fingerprint density at radius 1 is 1.07 bits per heavy atom. The zero-order valence-corrected chi connectivity index (χ0v) is 16.7. The molecule has 4 rings (SSSR count). The first kappa shape index (κ1) is 19.7. The summed E-state index contributed by atoms with van der Waals surface area (Å²) in [5, 5.41) is 0.425. The lowest BCUT2D eigenvalue weighted by Gasteiger charge is -2.35. The van der Waals surface area contributed by atoms with Gasteiger partial charge in [-0.1, -0.05) is 17.2 Å². The van der Waals surface area contributed by atoms with E-state index in [2.05, 4.69) is 0 Å². The summed E-state index contributed by atoms with van der Waals surface area (Å²) in [4.78, 5) is 57.3. The average molecular weight is 412 g/mol. The summed E-state index contributed by atoms with van der Waals surface area (Å²) in [6.45, 7) is 5.29. The van der Waals surface area contributed by atoms with Crippen LogP contribution in [-0.2, 0) is 20.8 Å². The van der Waals surface area contributed by atoms with E-state index in [1.54, 1.807) is 39.0 Å². The van der Waals surface area contributed by atoms with Crippen molar-refractivity contribution < 1.29 is 33.2 Å². The molecule has 1 aromatic carbocycles. The Kier molecular flexibility index (Phi) is 4.60. The molecule has 0 radical (unpaired) electrons. The molecule has 0 aliphatic carbocycles. The van der Waals surface area contributed by atoms with Crippen LogP contribution in [0.5, 0.6) is 0 Å². The maximum absolute atomic E-state index is 13.1. The van der Waals surface area contributed by atoms with E-state index in [9.17, 15) is 19.2 Å². The van der Waals surface area contributed by atoms with Gasteiger partial charge in [-0.3, -0.25) is 14.5 Å². The molecule has 0 fully saturated rings. The number of benzene rings is 1. The number of carbonyl (C=O) groups excluding carboxylic acids is 4. The van der Waals surface area contributed by atoms with Gasteiger partial charge in [0.15, 0.2) is 6.04 Å². The maximum atomic E-state index is 13.1. The highest BCUT2D eigenvalue weighted by atomic mass is 16.7. The van der Waals surface area contributed by atoms with E-state index >= 15 is 0 Å². The molecule has 0 spiro atoms. The highest BCUT2D eigenvalue weighted by Gasteiger charge is 2.45. The molecule has 156 valence electrons.